The zero-order valence-corrected chi connectivity index (χ0v) is 44.2. The van der Waals surface area contributed by atoms with Crippen LogP contribution < -0.4 is 16.1 Å². The monoisotopic (exact) mass is 1000 g/mol. The Labute approximate surface area is 429 Å². The van der Waals surface area contributed by atoms with Gasteiger partial charge in [-0.15, -0.1) is 0 Å². The van der Waals surface area contributed by atoms with Gasteiger partial charge in [0.2, 0.25) is 11.8 Å². The zero-order chi connectivity index (χ0) is 53.3. The van der Waals surface area contributed by atoms with E-state index in [1.807, 2.05) is 51.1 Å². The van der Waals surface area contributed by atoms with Crippen LogP contribution in [-0.4, -0.2) is 137 Å². The van der Waals surface area contributed by atoms with Crippen molar-refractivity contribution < 1.29 is 38.6 Å². The predicted molar refractivity (Wildman–Crippen MR) is 286 cm³/mol. The van der Waals surface area contributed by atoms with Gasteiger partial charge < -0.3 is 39.6 Å². The van der Waals surface area contributed by atoms with Crippen molar-refractivity contribution in [2.75, 3.05) is 53.3 Å². The number of cyclic esters (lactones) is 1. The zero-order valence-electron chi connectivity index (χ0n) is 44.2. The number of hydrazine groups is 1. The summed E-state index contributed by atoms with van der Waals surface area (Å²) in [5.74, 6) is -2.97. The van der Waals surface area contributed by atoms with Crippen molar-refractivity contribution in [1.29, 1.82) is 0 Å². The summed E-state index contributed by atoms with van der Waals surface area (Å²) in [5.41, 5.74) is 9.41. The number of hydrogen-bond donors (Lipinski definition) is 4. The van der Waals surface area contributed by atoms with Crippen LogP contribution in [0.3, 0.4) is 0 Å². The van der Waals surface area contributed by atoms with Crippen molar-refractivity contribution in [2.45, 2.75) is 105 Å². The Morgan fingerprint density at radius 2 is 1.84 bits per heavy atom. The number of carbonyl (C=O) groups excluding carboxylic acids is 5. The van der Waals surface area contributed by atoms with Gasteiger partial charge in [-0.2, -0.15) is 0 Å². The molecule has 390 valence electrons. The SMILES string of the molecule is C=C/C(=C(\N=C/C)[C@H](C)OC)c1c2c3cc(ccc3n1CC)-c1cc(O)cc(c1)C[C@H](NC(=O)[C@H](C(C)C)N(C)C(=O)c1ccc(NC(=O)/C=C/CN(C)C)cn1)C(=O)N1CCC[C@H](N1)C(=O)OCC(C)(C)C2. The Kier molecular flexibility index (Phi) is 18.3. The quantitative estimate of drug-likeness (QED) is 0.0416. The molecule has 0 saturated carbocycles. The molecule has 17 nitrogen and oxygen atoms in total. The number of anilines is 1. The number of rotatable bonds is 15. The molecule has 73 heavy (non-hydrogen) atoms. The first-order valence-electron chi connectivity index (χ1n) is 25.0. The fourth-order valence-corrected chi connectivity index (χ4v) is 9.62. The number of aryl methyl sites for hydroxylation is 1. The maximum Gasteiger partial charge on any atom is 0.324 e. The Bertz CT molecular complexity index is 2790. The summed E-state index contributed by atoms with van der Waals surface area (Å²) in [6, 6.07) is 11.2. The molecule has 1 fully saturated rings. The van der Waals surface area contributed by atoms with Gasteiger partial charge in [-0.05, 0) is 119 Å². The number of nitrogens with one attached hydrogen (secondary N) is 3. The number of nitrogens with zero attached hydrogens (tertiary/aromatic N) is 6. The maximum atomic E-state index is 14.8. The number of aromatic nitrogens is 2. The number of amides is 4. The van der Waals surface area contributed by atoms with Crippen molar-refractivity contribution in [3.63, 3.8) is 0 Å². The molecule has 2 aliphatic rings. The van der Waals surface area contributed by atoms with E-state index >= 15 is 0 Å². The number of allylic oxidation sites excluding steroid dienone is 2. The normalized spacial score (nSPS) is 18.6. The van der Waals surface area contributed by atoms with Gasteiger partial charge in [-0.3, -0.25) is 34.0 Å². The van der Waals surface area contributed by atoms with E-state index < -0.39 is 53.1 Å². The van der Waals surface area contributed by atoms with Crippen LogP contribution in [0.25, 0.3) is 27.6 Å². The third-order valence-electron chi connectivity index (χ3n) is 13.2. The van der Waals surface area contributed by atoms with Gasteiger partial charge in [0.15, 0.2) is 0 Å². The molecule has 4 N–H and O–H groups in total. The molecular weight excluding hydrogens is 927 g/mol. The summed E-state index contributed by atoms with van der Waals surface area (Å²) in [5, 5.41) is 19.4. The Hall–Kier alpha value is -6.95. The number of fused-ring (bicyclic) bond motifs is 6. The average molecular weight is 1000 g/mol. The number of ether oxygens (including phenoxy) is 2. The van der Waals surface area contributed by atoms with Crippen molar-refractivity contribution in [1.82, 2.24) is 35.1 Å². The van der Waals surface area contributed by atoms with E-state index in [0.29, 0.717) is 54.9 Å². The van der Waals surface area contributed by atoms with Gasteiger partial charge in [-0.25, -0.2) is 10.4 Å². The highest BCUT2D eigenvalue weighted by Gasteiger charge is 2.38. The van der Waals surface area contributed by atoms with Crippen molar-refractivity contribution in [2.24, 2.45) is 16.3 Å². The first-order chi connectivity index (χ1) is 34.7. The number of pyridine rings is 1. The Morgan fingerprint density at radius 3 is 2.48 bits per heavy atom. The maximum absolute atomic E-state index is 14.8. The van der Waals surface area contributed by atoms with Crippen LogP contribution in [0.15, 0.2) is 90.2 Å². The number of benzene rings is 2. The lowest BCUT2D eigenvalue weighted by Crippen LogP contribution is -2.62. The number of methoxy groups -OCH3 is 1. The number of aliphatic imine (C=N–C) groups is 1. The van der Waals surface area contributed by atoms with E-state index in [4.69, 9.17) is 14.5 Å². The largest absolute Gasteiger partial charge is 0.508 e. The van der Waals surface area contributed by atoms with Crippen LogP contribution in [0, 0.1) is 11.3 Å². The van der Waals surface area contributed by atoms with Gasteiger partial charge in [0.1, 0.15) is 29.6 Å². The van der Waals surface area contributed by atoms with Crippen LogP contribution in [0.5, 0.6) is 5.75 Å². The first kappa shape index (κ1) is 55.4. The Balaban J connectivity index is 1.41. The number of phenols is 1. The molecule has 0 aliphatic carbocycles. The summed E-state index contributed by atoms with van der Waals surface area (Å²) >= 11 is 0. The van der Waals surface area contributed by atoms with Gasteiger partial charge in [-0.1, -0.05) is 58.6 Å². The molecule has 0 unspecified atom stereocenters. The van der Waals surface area contributed by atoms with Crippen LogP contribution >= 0.6 is 0 Å². The predicted octanol–water partition coefficient (Wildman–Crippen LogP) is 6.95. The van der Waals surface area contributed by atoms with Gasteiger partial charge >= 0.3 is 5.97 Å². The van der Waals surface area contributed by atoms with Crippen LogP contribution in [-0.2, 0) is 48.0 Å². The minimum absolute atomic E-state index is 0.0385. The first-order valence-corrected chi connectivity index (χ1v) is 25.0. The molecule has 0 radical (unpaired) electrons. The molecule has 4 atom stereocenters. The lowest BCUT2D eigenvalue weighted by Gasteiger charge is -2.36. The minimum atomic E-state index is -1.21. The third kappa shape index (κ3) is 13.2. The fraction of sp³-hybridized carbons (Fsp3) is 0.446. The topological polar surface area (TPSA) is 200 Å². The molecule has 2 aromatic carbocycles. The molecule has 0 spiro atoms. The van der Waals surface area contributed by atoms with Crippen LogP contribution in [0.4, 0.5) is 5.69 Å². The van der Waals surface area contributed by atoms with Crippen LogP contribution in [0.2, 0.25) is 0 Å². The molecule has 6 bridgehead atoms. The molecule has 2 aliphatic heterocycles. The van der Waals surface area contributed by atoms with E-state index in [9.17, 15) is 29.1 Å². The standard InChI is InChI=1S/C56H73N9O8/c1-13-41(49(57-14-2)35(6)72-12)51-43-31-56(7,8)33-73-55(71)45-18-16-25-65(61-45)54(70)46(28-36-26-38(29-40(66)27-36)37-20-23-47(42(43)30-37)64(51)15-3)60-52(68)50(34(4)5)63(11)53(69)44-22-21-39(32-58-44)59-48(67)19-17-24-62(9)10/h13-14,17,19-23,26-27,29-30,32,34-35,45-46,50,61,66H,1,15-16,18,24-25,28,31,33H2,2-12H3,(H,59,67)(H,60,68)/b19-17+,49-41+,57-14-/t35-,45-,46-,50-/m0/s1. The number of carbonyl (C=O) groups is 5. The Morgan fingerprint density at radius 1 is 1.08 bits per heavy atom. The molecule has 4 aromatic rings. The fourth-order valence-electron chi connectivity index (χ4n) is 9.62. The molecule has 6 rings (SSSR count). The van der Waals surface area contributed by atoms with Gasteiger partial charge in [0.05, 0.1) is 36.0 Å². The number of esters is 1. The molecule has 17 heteroatoms. The van der Waals surface area contributed by atoms with E-state index in [1.165, 1.54) is 35.3 Å². The second-order valence-electron chi connectivity index (χ2n) is 20.2. The summed E-state index contributed by atoms with van der Waals surface area (Å²) in [7, 11) is 6.93. The minimum Gasteiger partial charge on any atom is -0.508 e. The smallest absolute Gasteiger partial charge is 0.324 e. The summed E-state index contributed by atoms with van der Waals surface area (Å²) in [6.07, 6.45) is 9.06. The second-order valence-corrected chi connectivity index (χ2v) is 20.2. The number of likely N-dealkylation sites (N-methyl/N-ethyl adjacent to an activating group) is 2. The van der Waals surface area contributed by atoms with Crippen molar-refractivity contribution in [3.8, 4) is 16.9 Å². The van der Waals surface area contributed by atoms with E-state index in [-0.39, 0.29) is 43.0 Å². The molecular formula is C56H73N9O8. The molecule has 1 saturated heterocycles. The lowest BCUT2D eigenvalue weighted by atomic mass is 9.84. The van der Waals surface area contributed by atoms with Crippen molar-refractivity contribution >= 4 is 58.0 Å². The molecule has 4 heterocycles. The highest BCUT2D eigenvalue weighted by Crippen LogP contribution is 2.40. The lowest BCUT2D eigenvalue weighted by molar-refractivity contribution is -0.155. The second kappa shape index (κ2) is 24.2. The molecule has 4 amide bonds. The van der Waals surface area contributed by atoms with E-state index in [2.05, 4.69) is 65.1 Å². The third-order valence-corrected chi connectivity index (χ3v) is 13.2. The number of hydrogen-bond acceptors (Lipinski definition) is 12. The van der Waals surface area contributed by atoms with Gasteiger partial charge in [0, 0.05) is 74.4 Å². The summed E-state index contributed by atoms with van der Waals surface area (Å²) in [6.45, 7) is 19.4. The average Bonchev–Trinajstić information content (AvgIpc) is 3.65. The molecule has 2 aromatic heterocycles. The van der Waals surface area contributed by atoms with Gasteiger partial charge in [0.25, 0.3) is 11.8 Å². The number of phenolic OH excluding ortho intramolecular Hbond substituents is 1. The van der Waals surface area contributed by atoms with E-state index in [0.717, 1.165) is 33.3 Å². The highest BCUT2D eigenvalue weighted by atomic mass is 16.5. The summed E-state index contributed by atoms with van der Waals surface area (Å²) < 4.78 is 14.2. The summed E-state index contributed by atoms with van der Waals surface area (Å²) in [4.78, 5) is 82.2. The number of aromatic hydroxyl groups is 1. The van der Waals surface area contributed by atoms with Crippen LogP contribution in [0.1, 0.15) is 88.6 Å². The highest BCUT2D eigenvalue weighted by molar-refractivity contribution is 6.00. The van der Waals surface area contributed by atoms with Crippen molar-refractivity contribution in [3.05, 3.63) is 108 Å². The van der Waals surface area contributed by atoms with E-state index in [1.54, 1.807) is 51.4 Å².